The van der Waals surface area contributed by atoms with E-state index in [4.69, 9.17) is 4.74 Å². The lowest BCUT2D eigenvalue weighted by Crippen LogP contribution is -2.22. The molecule has 0 saturated heterocycles. The molecule has 1 amide bonds. The summed E-state index contributed by atoms with van der Waals surface area (Å²) in [6.07, 6.45) is 1.66. The van der Waals surface area contributed by atoms with Crippen LogP contribution in [0.4, 0.5) is 5.13 Å². The van der Waals surface area contributed by atoms with Gasteiger partial charge in [0.2, 0.25) is 5.91 Å². The van der Waals surface area contributed by atoms with Crippen LogP contribution in [0.2, 0.25) is 0 Å². The van der Waals surface area contributed by atoms with Crippen molar-refractivity contribution in [2.24, 2.45) is 0 Å². The lowest BCUT2D eigenvalue weighted by Gasteiger charge is -2.14. The van der Waals surface area contributed by atoms with Crippen LogP contribution in [0.15, 0.2) is 89.5 Å². The molecule has 9 heteroatoms. The number of amides is 1. The fourth-order valence-corrected chi connectivity index (χ4v) is 4.89. The number of thiazole rings is 1. The number of anilines is 1. The summed E-state index contributed by atoms with van der Waals surface area (Å²) in [7, 11) is 0. The van der Waals surface area contributed by atoms with Gasteiger partial charge in [-0.1, -0.05) is 66.4 Å². The Morgan fingerprint density at radius 2 is 1.85 bits per heavy atom. The Hall–Kier alpha value is -3.69. The standard InChI is InChI=1S/C25H21N5O2S2/c1-17(23(31)27-24-26-14-15-33-24)34-25-29-28-22(30(25)19-10-3-2-4-11-19)16-32-21-13-7-9-18-8-5-6-12-20(18)21/h2-15,17H,16H2,1H3,(H,26,27,31). The summed E-state index contributed by atoms with van der Waals surface area (Å²) in [5.41, 5.74) is 0.902. The van der Waals surface area contributed by atoms with Gasteiger partial charge in [0.05, 0.1) is 5.25 Å². The quantitative estimate of drug-likeness (QED) is 0.288. The highest BCUT2D eigenvalue weighted by Gasteiger charge is 2.22. The molecule has 3 aromatic carbocycles. The van der Waals surface area contributed by atoms with E-state index >= 15 is 0 Å². The van der Waals surface area contributed by atoms with Crippen LogP contribution < -0.4 is 10.1 Å². The normalized spacial score (nSPS) is 11.9. The molecule has 2 heterocycles. The molecule has 0 aliphatic carbocycles. The molecule has 0 saturated carbocycles. The molecule has 1 atom stereocenters. The van der Waals surface area contributed by atoms with E-state index in [1.165, 1.54) is 23.1 Å². The second kappa shape index (κ2) is 10.1. The van der Waals surface area contributed by atoms with Crippen molar-refractivity contribution in [2.75, 3.05) is 5.32 Å². The van der Waals surface area contributed by atoms with Crippen LogP contribution in [0, 0.1) is 0 Å². The van der Waals surface area contributed by atoms with Gasteiger partial charge in [0.15, 0.2) is 16.1 Å². The summed E-state index contributed by atoms with van der Waals surface area (Å²) in [5.74, 6) is 1.29. The fourth-order valence-electron chi connectivity index (χ4n) is 3.47. The first-order chi connectivity index (χ1) is 16.7. The van der Waals surface area contributed by atoms with Gasteiger partial charge in [-0.3, -0.25) is 9.36 Å². The summed E-state index contributed by atoms with van der Waals surface area (Å²) in [5, 5.41) is 16.4. The van der Waals surface area contributed by atoms with E-state index in [2.05, 4.69) is 32.6 Å². The molecule has 0 aliphatic rings. The first kappa shape index (κ1) is 22.1. The second-order valence-electron chi connectivity index (χ2n) is 7.42. The van der Waals surface area contributed by atoms with Gasteiger partial charge in [-0.05, 0) is 30.5 Å². The molecule has 7 nitrogen and oxygen atoms in total. The molecular formula is C25H21N5O2S2. The van der Waals surface area contributed by atoms with E-state index in [1.807, 2.05) is 77.5 Å². The smallest absolute Gasteiger partial charge is 0.239 e. The molecule has 0 fully saturated rings. The molecule has 0 spiro atoms. The van der Waals surface area contributed by atoms with Gasteiger partial charge in [-0.25, -0.2) is 4.98 Å². The van der Waals surface area contributed by atoms with E-state index in [0.717, 1.165) is 22.2 Å². The van der Waals surface area contributed by atoms with Crippen LogP contribution in [0.25, 0.3) is 16.5 Å². The summed E-state index contributed by atoms with van der Waals surface area (Å²) in [6.45, 7) is 2.07. The second-order valence-corrected chi connectivity index (χ2v) is 9.62. The molecule has 0 bridgehead atoms. The van der Waals surface area contributed by atoms with Crippen molar-refractivity contribution in [3.8, 4) is 11.4 Å². The number of hydrogen-bond donors (Lipinski definition) is 1. The van der Waals surface area contributed by atoms with Gasteiger partial charge in [-0.15, -0.1) is 21.5 Å². The summed E-state index contributed by atoms with van der Waals surface area (Å²) in [4.78, 5) is 16.8. The number of thioether (sulfide) groups is 1. The van der Waals surface area contributed by atoms with Crippen molar-refractivity contribution >= 4 is 44.9 Å². The van der Waals surface area contributed by atoms with Crippen LogP contribution in [0.1, 0.15) is 12.7 Å². The largest absolute Gasteiger partial charge is 0.485 e. The summed E-state index contributed by atoms with van der Waals surface area (Å²) in [6, 6.07) is 23.9. The van der Waals surface area contributed by atoms with Crippen molar-refractivity contribution < 1.29 is 9.53 Å². The zero-order chi connectivity index (χ0) is 23.3. The number of fused-ring (bicyclic) bond motifs is 1. The van der Waals surface area contributed by atoms with Gasteiger partial charge >= 0.3 is 0 Å². The number of nitrogens with one attached hydrogen (secondary N) is 1. The number of carbonyl (C=O) groups is 1. The Bertz CT molecular complexity index is 1400. The van der Waals surface area contributed by atoms with Crippen molar-refractivity contribution in [1.29, 1.82) is 0 Å². The Labute approximate surface area is 204 Å². The predicted molar refractivity (Wildman–Crippen MR) is 136 cm³/mol. The first-order valence-corrected chi connectivity index (χ1v) is 12.4. The van der Waals surface area contributed by atoms with Crippen molar-refractivity contribution in [2.45, 2.75) is 23.9 Å². The Kier molecular flexibility index (Phi) is 6.55. The monoisotopic (exact) mass is 487 g/mol. The minimum absolute atomic E-state index is 0.142. The zero-order valence-electron chi connectivity index (χ0n) is 18.3. The number of benzene rings is 3. The molecule has 1 N–H and O–H groups in total. The van der Waals surface area contributed by atoms with Gasteiger partial charge in [0, 0.05) is 22.7 Å². The lowest BCUT2D eigenvalue weighted by molar-refractivity contribution is -0.115. The summed E-state index contributed by atoms with van der Waals surface area (Å²) >= 11 is 2.72. The van der Waals surface area contributed by atoms with Gasteiger partial charge in [-0.2, -0.15) is 0 Å². The third kappa shape index (κ3) is 4.80. The Morgan fingerprint density at radius 3 is 2.68 bits per heavy atom. The Morgan fingerprint density at radius 1 is 1.06 bits per heavy atom. The topological polar surface area (TPSA) is 81.9 Å². The third-order valence-electron chi connectivity index (χ3n) is 5.14. The number of nitrogens with zero attached hydrogens (tertiary/aromatic N) is 4. The fraction of sp³-hybridized carbons (Fsp3) is 0.120. The average molecular weight is 488 g/mol. The number of aromatic nitrogens is 4. The van der Waals surface area contributed by atoms with Crippen LogP contribution in [-0.2, 0) is 11.4 Å². The van der Waals surface area contributed by atoms with Gasteiger partial charge in [0.25, 0.3) is 0 Å². The molecule has 34 heavy (non-hydrogen) atoms. The van der Waals surface area contributed by atoms with E-state index < -0.39 is 5.25 Å². The SMILES string of the molecule is CC(Sc1nnc(COc2cccc3ccccc23)n1-c1ccccc1)C(=O)Nc1nccs1. The minimum Gasteiger partial charge on any atom is -0.485 e. The number of para-hydroxylation sites is 1. The van der Waals surface area contributed by atoms with E-state index in [0.29, 0.717) is 16.1 Å². The van der Waals surface area contributed by atoms with E-state index in [1.54, 1.807) is 6.20 Å². The molecular weight excluding hydrogens is 466 g/mol. The van der Waals surface area contributed by atoms with Crippen LogP contribution >= 0.6 is 23.1 Å². The maximum absolute atomic E-state index is 12.7. The average Bonchev–Trinajstić information content (AvgIpc) is 3.53. The lowest BCUT2D eigenvalue weighted by atomic mass is 10.1. The number of carbonyl (C=O) groups excluding carboxylic acids is 1. The number of ether oxygens (including phenoxy) is 1. The van der Waals surface area contributed by atoms with Crippen molar-refractivity contribution in [1.82, 2.24) is 19.7 Å². The molecule has 5 aromatic rings. The van der Waals surface area contributed by atoms with Crippen LogP contribution in [0.5, 0.6) is 5.75 Å². The highest BCUT2D eigenvalue weighted by molar-refractivity contribution is 8.00. The van der Waals surface area contributed by atoms with Crippen molar-refractivity contribution in [3.05, 3.63) is 90.2 Å². The van der Waals surface area contributed by atoms with Gasteiger partial charge in [0.1, 0.15) is 12.4 Å². The maximum Gasteiger partial charge on any atom is 0.239 e. The molecule has 0 radical (unpaired) electrons. The molecule has 170 valence electrons. The van der Waals surface area contributed by atoms with E-state index in [-0.39, 0.29) is 12.5 Å². The predicted octanol–water partition coefficient (Wildman–Crippen LogP) is 5.58. The highest BCUT2D eigenvalue weighted by atomic mass is 32.2. The maximum atomic E-state index is 12.7. The minimum atomic E-state index is -0.401. The number of rotatable bonds is 8. The molecule has 5 rings (SSSR count). The summed E-state index contributed by atoms with van der Waals surface area (Å²) < 4.78 is 8.12. The molecule has 1 unspecified atom stereocenters. The highest BCUT2D eigenvalue weighted by Crippen LogP contribution is 2.29. The van der Waals surface area contributed by atoms with Crippen molar-refractivity contribution in [3.63, 3.8) is 0 Å². The molecule has 2 aromatic heterocycles. The number of hydrogen-bond acceptors (Lipinski definition) is 7. The zero-order valence-corrected chi connectivity index (χ0v) is 19.9. The third-order valence-corrected chi connectivity index (χ3v) is 6.87. The first-order valence-electron chi connectivity index (χ1n) is 10.7. The Balaban J connectivity index is 1.40. The van der Waals surface area contributed by atoms with Crippen LogP contribution in [-0.4, -0.2) is 30.9 Å². The molecule has 0 aliphatic heterocycles. The van der Waals surface area contributed by atoms with Gasteiger partial charge < -0.3 is 10.1 Å². The van der Waals surface area contributed by atoms with E-state index in [9.17, 15) is 4.79 Å². The van der Waals surface area contributed by atoms with Crippen LogP contribution in [0.3, 0.4) is 0 Å².